The molecule has 15 heavy (non-hydrogen) atoms. The van der Waals surface area contributed by atoms with Gasteiger partial charge in [0.25, 0.3) is 0 Å². The summed E-state index contributed by atoms with van der Waals surface area (Å²) in [5.41, 5.74) is 0. The van der Waals surface area contributed by atoms with E-state index in [9.17, 15) is 5.11 Å². The van der Waals surface area contributed by atoms with E-state index < -0.39 is 6.10 Å². The molecule has 1 N–H and O–H groups in total. The Hall–Kier alpha value is 0.130. The van der Waals surface area contributed by atoms with Crippen LogP contribution in [-0.4, -0.2) is 5.11 Å². The van der Waals surface area contributed by atoms with Crippen LogP contribution >= 0.6 is 50.2 Å². The predicted molar refractivity (Wildman–Crippen MR) is 70.0 cm³/mol. The van der Waals surface area contributed by atoms with E-state index in [-0.39, 0.29) is 0 Å². The number of aliphatic hydroxyl groups excluding tert-OH is 1. The Morgan fingerprint density at radius 3 is 2.67 bits per heavy atom. The summed E-state index contributed by atoms with van der Waals surface area (Å²) in [5.74, 6) is 0. The molecule has 2 aromatic heterocycles. The van der Waals surface area contributed by atoms with Gasteiger partial charge in [0.2, 0.25) is 0 Å². The largest absolute Gasteiger partial charge is 0.387 e. The highest BCUT2D eigenvalue weighted by atomic mass is 79.9. The molecule has 80 valence electrons. The molecule has 0 aliphatic carbocycles. The number of hydrogen-bond acceptors (Lipinski definition) is 3. The highest BCUT2D eigenvalue weighted by Gasteiger charge is 2.12. The standard InChI is InChI=1S/C10H8BrClOS2/c11-6-1-8(14-4-6)3-9(13)10-2-7(12)5-15-10/h1-2,4-5,9,13H,3H2. The lowest BCUT2D eigenvalue weighted by Crippen LogP contribution is -1.97. The molecule has 0 aliphatic heterocycles. The van der Waals surface area contributed by atoms with Crippen LogP contribution < -0.4 is 0 Å². The number of rotatable bonds is 3. The van der Waals surface area contributed by atoms with Gasteiger partial charge in [0, 0.05) is 31.4 Å². The molecule has 0 aromatic carbocycles. The summed E-state index contributed by atoms with van der Waals surface area (Å²) in [6, 6.07) is 3.85. The van der Waals surface area contributed by atoms with Crippen LogP contribution in [0.2, 0.25) is 5.02 Å². The topological polar surface area (TPSA) is 20.2 Å². The molecule has 0 saturated carbocycles. The molecular weight excluding hydrogens is 316 g/mol. The first-order valence-corrected chi connectivity index (χ1v) is 7.23. The number of halogens is 2. The Morgan fingerprint density at radius 2 is 2.13 bits per heavy atom. The molecule has 0 amide bonds. The third kappa shape index (κ3) is 3.04. The summed E-state index contributed by atoms with van der Waals surface area (Å²) >= 11 is 12.3. The third-order valence-electron chi connectivity index (χ3n) is 1.93. The van der Waals surface area contributed by atoms with Gasteiger partial charge in [-0.3, -0.25) is 0 Å². The van der Waals surface area contributed by atoms with Crippen LogP contribution in [0.5, 0.6) is 0 Å². The molecule has 2 rings (SSSR count). The van der Waals surface area contributed by atoms with Crippen molar-refractivity contribution in [2.45, 2.75) is 12.5 Å². The molecule has 0 fully saturated rings. The van der Waals surface area contributed by atoms with Gasteiger partial charge in [-0.15, -0.1) is 22.7 Å². The third-order valence-corrected chi connectivity index (χ3v) is 5.03. The van der Waals surface area contributed by atoms with Crippen molar-refractivity contribution in [1.82, 2.24) is 0 Å². The number of aliphatic hydroxyl groups is 1. The van der Waals surface area contributed by atoms with Crippen LogP contribution in [0.15, 0.2) is 27.4 Å². The molecule has 1 atom stereocenters. The maximum absolute atomic E-state index is 9.94. The smallest absolute Gasteiger partial charge is 0.0930 e. The summed E-state index contributed by atoms with van der Waals surface area (Å²) in [6.07, 6.45) is 0.195. The van der Waals surface area contributed by atoms with E-state index >= 15 is 0 Å². The Kier molecular flexibility index (Phi) is 3.85. The second-order valence-corrected chi connectivity index (χ2v) is 6.41. The summed E-state index contributed by atoms with van der Waals surface area (Å²) in [6.45, 7) is 0. The Labute approximate surface area is 109 Å². The fraction of sp³-hybridized carbons (Fsp3) is 0.200. The zero-order valence-electron chi connectivity index (χ0n) is 7.61. The van der Waals surface area contributed by atoms with Gasteiger partial charge >= 0.3 is 0 Å². The fourth-order valence-corrected chi connectivity index (χ4v) is 3.81. The van der Waals surface area contributed by atoms with Crippen molar-refractivity contribution in [1.29, 1.82) is 0 Å². The van der Waals surface area contributed by atoms with Crippen LogP contribution in [0.25, 0.3) is 0 Å². The van der Waals surface area contributed by atoms with E-state index in [1.54, 1.807) is 11.3 Å². The molecule has 0 spiro atoms. The van der Waals surface area contributed by atoms with Crippen molar-refractivity contribution in [2.75, 3.05) is 0 Å². The lowest BCUT2D eigenvalue weighted by molar-refractivity contribution is 0.183. The summed E-state index contributed by atoms with van der Waals surface area (Å²) in [4.78, 5) is 2.09. The van der Waals surface area contributed by atoms with E-state index in [0.29, 0.717) is 11.4 Å². The Balaban J connectivity index is 2.06. The number of hydrogen-bond donors (Lipinski definition) is 1. The molecule has 1 unspecified atom stereocenters. The average Bonchev–Trinajstić information content (AvgIpc) is 2.75. The molecule has 2 heterocycles. The second kappa shape index (κ2) is 4.97. The number of thiophene rings is 2. The minimum atomic E-state index is -0.451. The minimum absolute atomic E-state index is 0.451. The lowest BCUT2D eigenvalue weighted by Gasteiger charge is -2.05. The van der Waals surface area contributed by atoms with Crippen molar-refractivity contribution in [3.05, 3.63) is 42.1 Å². The normalized spacial score (nSPS) is 13.0. The van der Waals surface area contributed by atoms with E-state index in [1.165, 1.54) is 16.2 Å². The highest BCUT2D eigenvalue weighted by Crippen LogP contribution is 2.30. The second-order valence-electron chi connectivity index (χ2n) is 3.12. The zero-order chi connectivity index (χ0) is 10.8. The maximum atomic E-state index is 9.94. The molecular formula is C10H8BrClOS2. The molecule has 5 heteroatoms. The molecule has 0 aliphatic rings. The first-order chi connectivity index (χ1) is 7.15. The van der Waals surface area contributed by atoms with Gasteiger partial charge in [0.1, 0.15) is 0 Å². The van der Waals surface area contributed by atoms with Crippen molar-refractivity contribution >= 4 is 50.2 Å². The van der Waals surface area contributed by atoms with E-state index in [0.717, 1.165) is 9.35 Å². The van der Waals surface area contributed by atoms with Crippen molar-refractivity contribution in [3.8, 4) is 0 Å². The SMILES string of the molecule is OC(Cc1cc(Br)cs1)c1cc(Cl)cs1. The van der Waals surface area contributed by atoms with Gasteiger partial charge in [0.15, 0.2) is 0 Å². The van der Waals surface area contributed by atoms with Gasteiger partial charge in [-0.25, -0.2) is 0 Å². The van der Waals surface area contributed by atoms with Crippen LogP contribution in [0.3, 0.4) is 0 Å². The van der Waals surface area contributed by atoms with Gasteiger partial charge in [-0.05, 0) is 28.1 Å². The summed E-state index contributed by atoms with van der Waals surface area (Å²) in [5, 5.41) is 14.5. The van der Waals surface area contributed by atoms with E-state index in [1.807, 2.05) is 22.9 Å². The molecule has 0 radical (unpaired) electrons. The summed E-state index contributed by atoms with van der Waals surface area (Å²) < 4.78 is 1.07. The van der Waals surface area contributed by atoms with Crippen molar-refractivity contribution < 1.29 is 5.11 Å². The van der Waals surface area contributed by atoms with Gasteiger partial charge in [0.05, 0.1) is 11.1 Å². The Bertz CT molecular complexity index is 452. The zero-order valence-corrected chi connectivity index (χ0v) is 11.6. The highest BCUT2D eigenvalue weighted by molar-refractivity contribution is 9.10. The van der Waals surface area contributed by atoms with Gasteiger partial charge < -0.3 is 5.11 Å². The van der Waals surface area contributed by atoms with E-state index in [2.05, 4.69) is 15.9 Å². The Morgan fingerprint density at radius 1 is 1.33 bits per heavy atom. The molecule has 0 saturated heterocycles. The van der Waals surface area contributed by atoms with Gasteiger partial charge in [-0.2, -0.15) is 0 Å². The van der Waals surface area contributed by atoms with Gasteiger partial charge in [-0.1, -0.05) is 11.6 Å². The van der Waals surface area contributed by atoms with Crippen LogP contribution in [0.1, 0.15) is 15.9 Å². The quantitative estimate of drug-likeness (QED) is 0.881. The van der Waals surface area contributed by atoms with E-state index in [4.69, 9.17) is 11.6 Å². The molecule has 0 bridgehead atoms. The van der Waals surface area contributed by atoms with Crippen LogP contribution in [-0.2, 0) is 6.42 Å². The monoisotopic (exact) mass is 322 g/mol. The first kappa shape index (κ1) is 11.6. The first-order valence-electron chi connectivity index (χ1n) is 4.30. The molecule has 2 aromatic rings. The van der Waals surface area contributed by atoms with Crippen molar-refractivity contribution in [2.24, 2.45) is 0 Å². The minimum Gasteiger partial charge on any atom is -0.387 e. The van der Waals surface area contributed by atoms with Crippen LogP contribution in [0.4, 0.5) is 0 Å². The van der Waals surface area contributed by atoms with Crippen molar-refractivity contribution in [3.63, 3.8) is 0 Å². The fourth-order valence-electron chi connectivity index (χ4n) is 1.26. The average molecular weight is 324 g/mol. The van der Waals surface area contributed by atoms with Crippen LogP contribution in [0, 0.1) is 0 Å². The maximum Gasteiger partial charge on any atom is 0.0930 e. The summed E-state index contributed by atoms with van der Waals surface area (Å²) in [7, 11) is 0. The predicted octanol–water partition coefficient (Wildman–Crippen LogP) is 4.50. The lowest BCUT2D eigenvalue weighted by atomic mass is 10.2. The molecule has 1 nitrogen and oxygen atoms in total.